The fraction of sp³-hybridized carbons (Fsp3) is 1.00. The zero-order valence-corrected chi connectivity index (χ0v) is 8.70. The Morgan fingerprint density at radius 1 is 1.00 bits per heavy atom. The Morgan fingerprint density at radius 3 is 1.50 bits per heavy atom. The first-order chi connectivity index (χ1) is 4.74. The standard InChI is InChI=1S/C3H7.3CH3O.Ti/c1-3-2;3*1-2;/h1,3H2,2H3;3*1H3;/q;3*-1;+3. The zero-order valence-electron chi connectivity index (χ0n) is 7.14. The van der Waals surface area contributed by atoms with Crippen LogP contribution in [-0.2, 0) is 27.7 Å². The van der Waals surface area contributed by atoms with Crippen molar-refractivity contribution >= 4 is 0 Å². The van der Waals surface area contributed by atoms with Crippen LogP contribution in [0.4, 0.5) is 0 Å². The molecule has 3 nitrogen and oxygen atoms in total. The van der Waals surface area contributed by atoms with Crippen molar-refractivity contribution in [2.45, 2.75) is 18.1 Å². The van der Waals surface area contributed by atoms with Gasteiger partial charge in [-0.15, -0.1) is 0 Å². The molecule has 0 bridgehead atoms. The molecule has 0 aliphatic rings. The second kappa shape index (κ2) is 5.27. The zero-order chi connectivity index (χ0) is 8.04. The molecule has 0 saturated heterocycles. The summed E-state index contributed by atoms with van der Waals surface area (Å²) in [5.74, 6) is 0. The summed E-state index contributed by atoms with van der Waals surface area (Å²) in [7, 11) is 4.97. The molecule has 0 fully saturated rings. The van der Waals surface area contributed by atoms with Crippen LogP contribution in [0.2, 0.25) is 4.73 Å². The average Bonchev–Trinajstić information content (AvgIpc) is 2.01. The molecule has 0 aromatic rings. The average molecular weight is 184 g/mol. The second-order valence-electron chi connectivity index (χ2n) is 2.05. The fourth-order valence-electron chi connectivity index (χ4n) is 0.862. The van der Waals surface area contributed by atoms with E-state index in [0.717, 1.165) is 11.1 Å². The van der Waals surface area contributed by atoms with Gasteiger partial charge in [-0.1, -0.05) is 0 Å². The molecule has 0 unspecified atom stereocenters. The van der Waals surface area contributed by atoms with Crippen LogP contribution in [-0.4, -0.2) is 21.3 Å². The van der Waals surface area contributed by atoms with Crippen molar-refractivity contribution in [3.05, 3.63) is 0 Å². The fourth-order valence-corrected chi connectivity index (χ4v) is 3.56. The van der Waals surface area contributed by atoms with Crippen LogP contribution in [0.1, 0.15) is 13.3 Å². The van der Waals surface area contributed by atoms with E-state index >= 15 is 0 Å². The van der Waals surface area contributed by atoms with Crippen molar-refractivity contribution in [1.82, 2.24) is 0 Å². The van der Waals surface area contributed by atoms with Crippen LogP contribution in [0.15, 0.2) is 0 Å². The Balaban J connectivity index is 3.87. The molecule has 0 radical (unpaired) electrons. The molecule has 0 aliphatic heterocycles. The molecular formula is C6H16O3Ti. The predicted molar refractivity (Wildman–Crippen MR) is 36.1 cm³/mol. The van der Waals surface area contributed by atoms with Crippen LogP contribution in [0.3, 0.4) is 0 Å². The van der Waals surface area contributed by atoms with Crippen molar-refractivity contribution in [1.29, 1.82) is 0 Å². The third-order valence-corrected chi connectivity index (χ3v) is 6.14. The second-order valence-corrected chi connectivity index (χ2v) is 6.87. The Hall–Kier alpha value is 0.594. The Bertz CT molecular complexity index is 74.8. The molecule has 0 amide bonds. The normalized spacial score (nSPS) is 12.0. The van der Waals surface area contributed by atoms with Gasteiger partial charge in [0.2, 0.25) is 0 Å². The minimum absolute atomic E-state index is 0.934. The summed E-state index contributed by atoms with van der Waals surface area (Å²) < 4.78 is 16.6. The van der Waals surface area contributed by atoms with Crippen molar-refractivity contribution in [2.75, 3.05) is 21.3 Å². The topological polar surface area (TPSA) is 27.7 Å². The molecule has 4 heteroatoms. The molecule has 0 aromatic carbocycles. The van der Waals surface area contributed by atoms with Gasteiger partial charge in [-0.3, -0.25) is 0 Å². The van der Waals surface area contributed by atoms with Gasteiger partial charge in [0.25, 0.3) is 0 Å². The maximum atomic E-state index is 5.22. The van der Waals surface area contributed by atoms with E-state index in [2.05, 4.69) is 6.92 Å². The van der Waals surface area contributed by atoms with Gasteiger partial charge in [-0.25, -0.2) is 0 Å². The monoisotopic (exact) mass is 184 g/mol. The molecule has 0 spiro atoms. The molecule has 10 heavy (non-hydrogen) atoms. The summed E-state index contributed by atoms with van der Waals surface area (Å²) in [5.41, 5.74) is 0. The molecule has 0 heterocycles. The van der Waals surface area contributed by atoms with E-state index < -0.39 is 17.8 Å². The summed E-state index contributed by atoms with van der Waals surface area (Å²) in [6, 6.07) is 0. The molecule has 62 valence electrons. The van der Waals surface area contributed by atoms with Crippen molar-refractivity contribution in [2.24, 2.45) is 0 Å². The summed E-state index contributed by atoms with van der Waals surface area (Å²) in [6.45, 7) is 2.09. The van der Waals surface area contributed by atoms with Gasteiger partial charge < -0.3 is 0 Å². The van der Waals surface area contributed by atoms with Crippen LogP contribution in [0.25, 0.3) is 0 Å². The van der Waals surface area contributed by atoms with Gasteiger partial charge in [0, 0.05) is 0 Å². The van der Waals surface area contributed by atoms with Gasteiger partial charge >= 0.3 is 67.1 Å². The third kappa shape index (κ3) is 2.68. The van der Waals surface area contributed by atoms with Gasteiger partial charge in [0.05, 0.1) is 0 Å². The summed E-state index contributed by atoms with van der Waals surface area (Å²) in [6.07, 6.45) is 1.05. The van der Waals surface area contributed by atoms with Gasteiger partial charge in [-0.2, -0.15) is 0 Å². The first-order valence-electron chi connectivity index (χ1n) is 3.40. The van der Waals surface area contributed by atoms with Crippen LogP contribution in [0.5, 0.6) is 0 Å². The van der Waals surface area contributed by atoms with Crippen molar-refractivity contribution in [3.8, 4) is 0 Å². The molecule has 0 aliphatic carbocycles. The third-order valence-electron chi connectivity index (χ3n) is 1.49. The molecule has 0 rings (SSSR count). The minimum atomic E-state index is -2.70. The van der Waals surface area contributed by atoms with Gasteiger partial charge in [0.1, 0.15) is 0 Å². The maximum absolute atomic E-state index is 5.22. The van der Waals surface area contributed by atoms with E-state index in [-0.39, 0.29) is 0 Å². The molecule has 0 N–H and O–H groups in total. The first-order valence-corrected chi connectivity index (χ1v) is 6.41. The van der Waals surface area contributed by atoms with E-state index in [1.54, 1.807) is 21.3 Å². The van der Waals surface area contributed by atoms with E-state index in [4.69, 9.17) is 9.96 Å². The quantitative estimate of drug-likeness (QED) is 0.608. The SMILES string of the molecule is CC[CH2][Ti]([O]C)([O]C)[O]C. The summed E-state index contributed by atoms with van der Waals surface area (Å²) in [5, 5.41) is 0. The van der Waals surface area contributed by atoms with E-state index in [1.165, 1.54) is 0 Å². The molecular weight excluding hydrogens is 168 g/mol. The molecule has 0 aromatic heterocycles. The van der Waals surface area contributed by atoms with E-state index in [0.29, 0.717) is 0 Å². The van der Waals surface area contributed by atoms with Crippen LogP contribution in [0, 0.1) is 0 Å². The molecule has 0 saturated carbocycles. The summed E-state index contributed by atoms with van der Waals surface area (Å²) in [4.78, 5) is 0. The Kier molecular flexibility index (Phi) is 5.58. The first kappa shape index (κ1) is 10.6. The molecule has 0 atom stereocenters. The Labute approximate surface area is 67.4 Å². The predicted octanol–water partition coefficient (Wildman–Crippen LogP) is 1.65. The Morgan fingerprint density at radius 2 is 1.40 bits per heavy atom. The number of hydrogen-bond donors (Lipinski definition) is 0. The number of hydrogen-bond acceptors (Lipinski definition) is 3. The number of rotatable bonds is 5. The van der Waals surface area contributed by atoms with Crippen molar-refractivity contribution < 1.29 is 27.7 Å². The summed E-state index contributed by atoms with van der Waals surface area (Å²) >= 11 is -2.70. The van der Waals surface area contributed by atoms with E-state index in [1.807, 2.05) is 0 Å². The van der Waals surface area contributed by atoms with Gasteiger partial charge in [0.15, 0.2) is 0 Å². The van der Waals surface area contributed by atoms with Crippen molar-refractivity contribution in [3.63, 3.8) is 0 Å². The van der Waals surface area contributed by atoms with Gasteiger partial charge in [-0.05, 0) is 0 Å². The van der Waals surface area contributed by atoms with Crippen LogP contribution >= 0.6 is 0 Å². The van der Waals surface area contributed by atoms with Crippen LogP contribution < -0.4 is 0 Å². The van der Waals surface area contributed by atoms with E-state index in [9.17, 15) is 0 Å².